The van der Waals surface area contributed by atoms with Crippen LogP contribution in [0, 0.1) is 0 Å². The Kier molecular flexibility index (Phi) is 4.83. The molecule has 1 fully saturated rings. The van der Waals surface area contributed by atoms with Crippen LogP contribution in [0.5, 0.6) is 0 Å². The van der Waals surface area contributed by atoms with Crippen LogP contribution in [0.15, 0.2) is 35.1 Å². The number of aromatic amines is 1. The zero-order chi connectivity index (χ0) is 16.4. The lowest BCUT2D eigenvalue weighted by Gasteiger charge is -2.40. The molecule has 1 aliphatic rings. The van der Waals surface area contributed by atoms with Crippen LogP contribution >= 0.6 is 0 Å². The van der Waals surface area contributed by atoms with Crippen molar-refractivity contribution in [2.75, 3.05) is 20.1 Å². The second-order valence-electron chi connectivity index (χ2n) is 6.78. The topological polar surface area (TPSA) is 39.3 Å². The molecule has 2 heterocycles. The van der Waals surface area contributed by atoms with Crippen LogP contribution in [0.4, 0.5) is 0 Å². The summed E-state index contributed by atoms with van der Waals surface area (Å²) in [5, 5.41) is 1.10. The predicted molar refractivity (Wildman–Crippen MR) is 95.8 cm³/mol. The first kappa shape index (κ1) is 16.2. The number of para-hydroxylation sites is 1. The fraction of sp³-hybridized carbons (Fsp3) is 0.526. The van der Waals surface area contributed by atoms with E-state index < -0.39 is 0 Å². The molecule has 1 aliphatic heterocycles. The van der Waals surface area contributed by atoms with Gasteiger partial charge in [0.05, 0.1) is 0 Å². The van der Waals surface area contributed by atoms with E-state index in [-0.39, 0.29) is 5.56 Å². The summed E-state index contributed by atoms with van der Waals surface area (Å²) in [6, 6.07) is 11.2. The van der Waals surface area contributed by atoms with Crippen LogP contribution in [-0.4, -0.2) is 47.0 Å². The minimum absolute atomic E-state index is 0.0367. The molecule has 23 heavy (non-hydrogen) atoms. The first-order chi connectivity index (χ1) is 11.1. The molecule has 4 heteroatoms. The number of benzene rings is 1. The van der Waals surface area contributed by atoms with Gasteiger partial charge in [-0.3, -0.25) is 9.69 Å². The van der Waals surface area contributed by atoms with E-state index >= 15 is 0 Å². The normalized spacial score (nSPS) is 22.8. The summed E-state index contributed by atoms with van der Waals surface area (Å²) in [6.45, 7) is 7.54. The Morgan fingerprint density at radius 3 is 2.87 bits per heavy atom. The highest BCUT2D eigenvalue weighted by atomic mass is 16.1. The first-order valence-corrected chi connectivity index (χ1v) is 8.63. The molecule has 0 spiro atoms. The zero-order valence-electron chi connectivity index (χ0n) is 14.4. The number of aromatic nitrogens is 1. The first-order valence-electron chi connectivity index (χ1n) is 8.63. The third-order valence-electron chi connectivity index (χ3n) is 5.27. The SMILES string of the molecule is CCN1CCC(N(C)Cc2cc3ccccc3[nH]c2=O)CC1C. The molecule has 1 saturated heterocycles. The van der Waals surface area contributed by atoms with Crippen LogP contribution in [-0.2, 0) is 6.54 Å². The summed E-state index contributed by atoms with van der Waals surface area (Å²) < 4.78 is 0. The van der Waals surface area contributed by atoms with Gasteiger partial charge in [0.25, 0.3) is 5.56 Å². The molecule has 4 nitrogen and oxygen atoms in total. The fourth-order valence-corrected chi connectivity index (χ4v) is 3.77. The van der Waals surface area contributed by atoms with Crippen molar-refractivity contribution in [1.82, 2.24) is 14.8 Å². The summed E-state index contributed by atoms with van der Waals surface area (Å²) in [7, 11) is 2.15. The molecule has 2 atom stereocenters. The number of H-pyrrole nitrogens is 1. The number of nitrogens with one attached hydrogen (secondary N) is 1. The molecule has 2 unspecified atom stereocenters. The number of rotatable bonds is 4. The second-order valence-corrected chi connectivity index (χ2v) is 6.78. The maximum atomic E-state index is 12.3. The van der Waals surface area contributed by atoms with E-state index in [9.17, 15) is 4.79 Å². The van der Waals surface area contributed by atoms with Crippen LogP contribution < -0.4 is 5.56 Å². The van der Waals surface area contributed by atoms with Crippen LogP contribution in [0.3, 0.4) is 0 Å². The molecule has 0 aliphatic carbocycles. The highest BCUT2D eigenvalue weighted by Gasteiger charge is 2.27. The molecule has 1 aromatic carbocycles. The van der Waals surface area contributed by atoms with Crippen molar-refractivity contribution in [3.8, 4) is 0 Å². The third kappa shape index (κ3) is 3.48. The largest absolute Gasteiger partial charge is 0.322 e. The lowest BCUT2D eigenvalue weighted by molar-refractivity contribution is 0.0861. The van der Waals surface area contributed by atoms with E-state index in [1.54, 1.807) is 0 Å². The highest BCUT2D eigenvalue weighted by molar-refractivity contribution is 5.78. The number of nitrogens with zero attached hydrogens (tertiary/aromatic N) is 2. The molecular formula is C19H27N3O. The average molecular weight is 313 g/mol. The van der Waals surface area contributed by atoms with E-state index in [1.165, 1.54) is 12.8 Å². The molecule has 0 saturated carbocycles. The molecule has 3 rings (SSSR count). The van der Waals surface area contributed by atoms with Gasteiger partial charge in [-0.25, -0.2) is 0 Å². The Morgan fingerprint density at radius 1 is 1.35 bits per heavy atom. The quantitative estimate of drug-likeness (QED) is 0.943. The van der Waals surface area contributed by atoms with E-state index in [1.807, 2.05) is 24.3 Å². The van der Waals surface area contributed by atoms with Crippen molar-refractivity contribution >= 4 is 10.9 Å². The summed E-state index contributed by atoms with van der Waals surface area (Å²) in [4.78, 5) is 20.2. The summed E-state index contributed by atoms with van der Waals surface area (Å²) in [6.07, 6.45) is 2.36. The maximum Gasteiger partial charge on any atom is 0.252 e. The summed E-state index contributed by atoms with van der Waals surface area (Å²) in [5.41, 5.74) is 1.81. The van der Waals surface area contributed by atoms with E-state index in [2.05, 4.69) is 41.7 Å². The Labute approximate surface area is 138 Å². The average Bonchev–Trinajstić information content (AvgIpc) is 2.55. The van der Waals surface area contributed by atoms with Gasteiger partial charge in [-0.2, -0.15) is 0 Å². The van der Waals surface area contributed by atoms with Gasteiger partial charge in [0, 0.05) is 29.7 Å². The monoisotopic (exact) mass is 313 g/mol. The second kappa shape index (κ2) is 6.85. The number of hydrogen-bond donors (Lipinski definition) is 1. The molecule has 1 N–H and O–H groups in total. The summed E-state index contributed by atoms with van der Waals surface area (Å²) in [5.74, 6) is 0. The fourth-order valence-electron chi connectivity index (χ4n) is 3.77. The minimum Gasteiger partial charge on any atom is -0.322 e. The third-order valence-corrected chi connectivity index (χ3v) is 5.27. The molecule has 0 amide bonds. The van der Waals surface area contributed by atoms with Crippen molar-refractivity contribution in [3.63, 3.8) is 0 Å². The number of pyridine rings is 1. The lowest BCUT2D eigenvalue weighted by atomic mass is 9.97. The van der Waals surface area contributed by atoms with Crippen LogP contribution in [0.1, 0.15) is 32.3 Å². The van der Waals surface area contributed by atoms with Crippen molar-refractivity contribution in [1.29, 1.82) is 0 Å². The van der Waals surface area contributed by atoms with Crippen LogP contribution in [0.2, 0.25) is 0 Å². The van der Waals surface area contributed by atoms with Crippen molar-refractivity contribution < 1.29 is 0 Å². The minimum atomic E-state index is 0.0367. The number of hydrogen-bond acceptors (Lipinski definition) is 3. The molecular weight excluding hydrogens is 286 g/mol. The molecule has 124 valence electrons. The van der Waals surface area contributed by atoms with E-state index in [0.717, 1.165) is 29.6 Å². The van der Waals surface area contributed by atoms with Crippen molar-refractivity contribution in [3.05, 3.63) is 46.2 Å². The molecule has 2 aromatic rings. The molecule has 0 bridgehead atoms. The summed E-state index contributed by atoms with van der Waals surface area (Å²) >= 11 is 0. The van der Waals surface area contributed by atoms with Gasteiger partial charge in [-0.1, -0.05) is 25.1 Å². The Bertz CT molecular complexity index is 724. The number of fused-ring (bicyclic) bond motifs is 1. The standard InChI is InChI=1S/C19H27N3O/c1-4-22-10-9-17(11-14(22)2)21(3)13-16-12-15-7-5-6-8-18(15)20-19(16)23/h5-8,12,14,17H,4,9-11,13H2,1-3H3,(H,20,23). The van der Waals surface area contributed by atoms with E-state index in [0.29, 0.717) is 18.6 Å². The van der Waals surface area contributed by atoms with Crippen molar-refractivity contribution in [2.45, 2.75) is 45.3 Å². The van der Waals surface area contributed by atoms with Gasteiger partial charge in [0.1, 0.15) is 0 Å². The Morgan fingerprint density at radius 2 is 2.13 bits per heavy atom. The zero-order valence-corrected chi connectivity index (χ0v) is 14.4. The molecule has 0 radical (unpaired) electrons. The van der Waals surface area contributed by atoms with Gasteiger partial charge in [0.2, 0.25) is 0 Å². The maximum absolute atomic E-state index is 12.3. The number of likely N-dealkylation sites (tertiary alicyclic amines) is 1. The highest BCUT2D eigenvalue weighted by Crippen LogP contribution is 2.22. The van der Waals surface area contributed by atoms with E-state index in [4.69, 9.17) is 0 Å². The van der Waals surface area contributed by atoms with Gasteiger partial charge >= 0.3 is 0 Å². The smallest absolute Gasteiger partial charge is 0.252 e. The Balaban J connectivity index is 1.74. The van der Waals surface area contributed by atoms with Gasteiger partial charge < -0.3 is 9.88 Å². The van der Waals surface area contributed by atoms with Crippen molar-refractivity contribution in [2.24, 2.45) is 0 Å². The molecule has 1 aromatic heterocycles. The van der Waals surface area contributed by atoms with Gasteiger partial charge in [0.15, 0.2) is 0 Å². The van der Waals surface area contributed by atoms with Crippen LogP contribution in [0.25, 0.3) is 10.9 Å². The predicted octanol–water partition coefficient (Wildman–Crippen LogP) is 2.83. The Hall–Kier alpha value is -1.65. The van der Waals surface area contributed by atoms with Gasteiger partial charge in [-0.15, -0.1) is 0 Å². The number of piperidine rings is 1. The lowest BCUT2D eigenvalue weighted by Crippen LogP contribution is -2.47. The van der Waals surface area contributed by atoms with Gasteiger partial charge in [-0.05, 0) is 57.4 Å².